The zero-order chi connectivity index (χ0) is 12.7. The molecule has 0 aromatic heterocycles. The summed E-state index contributed by atoms with van der Waals surface area (Å²) in [6.07, 6.45) is 0. The van der Waals surface area contributed by atoms with E-state index in [2.05, 4.69) is 0 Å². The van der Waals surface area contributed by atoms with Crippen molar-refractivity contribution >= 4 is 0 Å². The quantitative estimate of drug-likeness (QED) is 0.232. The Bertz CT molecular complexity index is 145. The van der Waals surface area contributed by atoms with Crippen LogP contribution in [0.3, 0.4) is 0 Å². The first-order valence-corrected chi connectivity index (χ1v) is 1.83. The van der Waals surface area contributed by atoms with Crippen LogP contribution >= 0.6 is 0 Å². The Morgan fingerprint density at radius 3 is 0.667 bits per heavy atom. The van der Waals surface area contributed by atoms with Crippen LogP contribution in [-0.2, 0) is 24.3 Å². The van der Waals surface area contributed by atoms with Crippen molar-refractivity contribution in [2.75, 3.05) is 0 Å². The molecule has 15 heavy (non-hydrogen) atoms. The minimum absolute atomic E-state index is 0. The third-order valence-electron chi connectivity index (χ3n) is 0. The average Bonchev–Trinajstić information content (AvgIpc) is 1.86. The molecule has 0 aliphatic carbocycles. The molecule has 0 unspecified atom stereocenters. The molecule has 0 fully saturated rings. The molecule has 0 aliphatic heterocycles. The van der Waals surface area contributed by atoms with Crippen molar-refractivity contribution in [3.8, 4) is 0 Å². The monoisotopic (exact) mass is 318 g/mol. The summed E-state index contributed by atoms with van der Waals surface area (Å²) in [6, 6.07) is 0. The summed E-state index contributed by atoms with van der Waals surface area (Å²) in [6.45, 7) is 0. The standard InChI is InChI=1S/3NO3.NO.Ru/c3*2-1(3)4;1-2;/q3*-1;+1;+3. The van der Waals surface area contributed by atoms with Crippen molar-refractivity contribution in [3.05, 3.63) is 46.0 Å². The van der Waals surface area contributed by atoms with Crippen LogP contribution in [0.5, 0.6) is 0 Å². The Balaban J connectivity index is -0.0000000298. The number of hydrogen-bond acceptors (Lipinski definition) is 10. The van der Waals surface area contributed by atoms with Gasteiger partial charge in [0.05, 0.1) is 15.3 Å². The summed E-state index contributed by atoms with van der Waals surface area (Å²) < 4.78 is 7.25. The van der Waals surface area contributed by atoms with Crippen LogP contribution in [0, 0.1) is 51.4 Å². The fourth-order valence-corrected chi connectivity index (χ4v) is 0. The van der Waals surface area contributed by atoms with E-state index in [1.807, 2.05) is 0 Å². The molecule has 0 bridgehead atoms. The minimum atomic E-state index is -1.75. The molecular weight excluding hydrogens is 317 g/mol. The Morgan fingerprint density at radius 1 is 0.667 bits per heavy atom. The van der Waals surface area contributed by atoms with Crippen LogP contribution in [0.25, 0.3) is 0 Å². The van der Waals surface area contributed by atoms with Gasteiger partial charge in [-0.15, -0.1) is 0 Å². The molecule has 1 radical (unpaired) electrons. The molecule has 0 saturated carbocycles. The van der Waals surface area contributed by atoms with Crippen molar-refractivity contribution in [1.29, 1.82) is 5.46 Å². The van der Waals surface area contributed by atoms with Gasteiger partial charge in [-0.2, -0.15) is 0 Å². The molecule has 0 rings (SSSR count). The Morgan fingerprint density at radius 2 is 0.667 bits per heavy atom. The Labute approximate surface area is 91.7 Å². The predicted octanol–water partition coefficient (Wildman–Crippen LogP) is -0.824. The van der Waals surface area contributed by atoms with Gasteiger partial charge in [0.2, 0.25) is 0 Å². The smallest absolute Gasteiger partial charge is 0.356 e. The number of nitrogens with zero attached hydrogens (tertiary/aromatic N) is 4. The Hall–Kier alpha value is -2.11. The van der Waals surface area contributed by atoms with Gasteiger partial charge in [0, 0.05) is 0 Å². The van der Waals surface area contributed by atoms with E-state index in [4.69, 9.17) is 56.2 Å². The van der Waals surface area contributed by atoms with Gasteiger partial charge in [-0.25, -0.2) is 0 Å². The van der Waals surface area contributed by atoms with Crippen LogP contribution in [0.4, 0.5) is 0 Å². The van der Waals surface area contributed by atoms with Crippen LogP contribution in [-0.4, -0.2) is 15.3 Å². The maximum Gasteiger partial charge on any atom is 3.00 e. The SMILES string of the molecule is N#[O+].O=[N+]([O-])[O-].O=[N+]([O-])[O-].O=[N+]([O-])[O-].[Ru+3]. The summed E-state index contributed by atoms with van der Waals surface area (Å²) in [4.78, 5) is 24.8. The average molecular weight is 317 g/mol. The van der Waals surface area contributed by atoms with Gasteiger partial charge >= 0.3 is 29.7 Å². The number of rotatable bonds is 0. The zero-order valence-electron chi connectivity index (χ0n) is 6.22. The van der Waals surface area contributed by atoms with Gasteiger partial charge in [0.15, 0.2) is 0 Å². The summed E-state index contributed by atoms with van der Waals surface area (Å²) in [5.41, 5.74) is 5.75. The molecular formula is N4O10Ru+. The van der Waals surface area contributed by atoms with Crippen LogP contribution in [0.2, 0.25) is 0 Å². The fourth-order valence-electron chi connectivity index (χ4n) is 0. The van der Waals surface area contributed by atoms with E-state index in [1.54, 1.807) is 0 Å². The van der Waals surface area contributed by atoms with E-state index >= 15 is 0 Å². The zero-order valence-corrected chi connectivity index (χ0v) is 7.96. The van der Waals surface area contributed by atoms with Crippen molar-refractivity contribution < 1.29 is 39.5 Å². The van der Waals surface area contributed by atoms with Crippen molar-refractivity contribution in [1.82, 2.24) is 0 Å². The number of hydrogen-bond donors (Lipinski definition) is 0. The fraction of sp³-hybridized carbons (Fsp3) is 0. The second kappa shape index (κ2) is 29.7. The molecule has 0 spiro atoms. The van der Waals surface area contributed by atoms with Gasteiger partial charge in [-0.3, -0.25) is 0 Å². The van der Waals surface area contributed by atoms with E-state index < -0.39 is 15.3 Å². The largest absolute Gasteiger partial charge is 3.00 e. The molecule has 15 heteroatoms. The van der Waals surface area contributed by atoms with E-state index in [0.717, 1.165) is 0 Å². The first kappa shape index (κ1) is 29.3. The van der Waals surface area contributed by atoms with E-state index in [0.29, 0.717) is 0 Å². The van der Waals surface area contributed by atoms with Crippen LogP contribution in [0.15, 0.2) is 0 Å². The molecule has 0 heterocycles. The van der Waals surface area contributed by atoms with Crippen LogP contribution in [0.1, 0.15) is 0 Å². The summed E-state index contributed by atoms with van der Waals surface area (Å²) in [5, 5.41) is 44.2. The summed E-state index contributed by atoms with van der Waals surface area (Å²) in [5.74, 6) is 0. The predicted molar refractivity (Wildman–Crippen MR) is 33.5 cm³/mol. The van der Waals surface area contributed by atoms with Crippen molar-refractivity contribution in [2.24, 2.45) is 0 Å². The molecule has 0 amide bonds. The Kier molecular flexibility index (Phi) is 58.0. The van der Waals surface area contributed by atoms with Gasteiger partial charge in [0.25, 0.3) is 0 Å². The second-order valence-electron chi connectivity index (χ2n) is 0.671. The normalized spacial score (nSPS) is 4.93. The van der Waals surface area contributed by atoms with E-state index in [1.165, 1.54) is 0 Å². The second-order valence-corrected chi connectivity index (χ2v) is 0.671. The van der Waals surface area contributed by atoms with Gasteiger partial charge in [-0.05, 0) is 0 Å². The topological polar surface area (TPSA) is 242 Å². The molecule has 0 atom stereocenters. The molecule has 0 N–H and O–H groups in total. The molecule has 0 aliphatic rings. The summed E-state index contributed by atoms with van der Waals surface area (Å²) in [7, 11) is 0. The van der Waals surface area contributed by atoms with Gasteiger partial charge in [-0.1, -0.05) is 0 Å². The van der Waals surface area contributed by atoms with E-state index in [9.17, 15) is 0 Å². The molecule has 0 aromatic carbocycles. The minimum Gasteiger partial charge on any atom is -0.356 e. The first-order valence-electron chi connectivity index (χ1n) is 1.83. The van der Waals surface area contributed by atoms with Crippen molar-refractivity contribution in [2.45, 2.75) is 0 Å². The molecule has 0 aromatic rings. The molecule has 87 valence electrons. The maximum atomic E-state index is 8.25. The molecule has 14 nitrogen and oxygen atoms in total. The summed E-state index contributed by atoms with van der Waals surface area (Å²) >= 11 is 0. The molecule has 0 saturated heterocycles. The van der Waals surface area contributed by atoms with Gasteiger partial charge in [0.1, 0.15) is 0 Å². The van der Waals surface area contributed by atoms with E-state index in [-0.39, 0.29) is 19.5 Å². The van der Waals surface area contributed by atoms with Crippen molar-refractivity contribution in [3.63, 3.8) is 0 Å². The van der Waals surface area contributed by atoms with Crippen LogP contribution < -0.4 is 0 Å². The van der Waals surface area contributed by atoms with Gasteiger partial charge < -0.3 is 46.0 Å². The maximum absolute atomic E-state index is 8.25. The third kappa shape index (κ3) is 262. The third-order valence-corrected chi connectivity index (χ3v) is 0. The first-order chi connectivity index (χ1) is 6.20.